The van der Waals surface area contributed by atoms with Crippen molar-refractivity contribution in [3.05, 3.63) is 56.4 Å². The Kier molecular flexibility index (Phi) is 5.71. The molecule has 25 heavy (non-hydrogen) atoms. The molecule has 0 bridgehead atoms. The predicted octanol–water partition coefficient (Wildman–Crippen LogP) is 4.34. The Labute approximate surface area is 163 Å². The minimum Gasteiger partial charge on any atom is -0.444 e. The van der Waals surface area contributed by atoms with Gasteiger partial charge in [-0.25, -0.2) is 0 Å². The van der Waals surface area contributed by atoms with E-state index in [0.29, 0.717) is 52.9 Å². The Bertz CT molecular complexity index is 809. The van der Waals surface area contributed by atoms with Crippen LogP contribution in [0.1, 0.15) is 27.3 Å². The first-order chi connectivity index (χ1) is 12.0. The number of nitrogens with zero attached hydrogens (tertiary/aromatic N) is 2. The smallest absolute Gasteiger partial charge is 0.289 e. The molecule has 132 valence electrons. The zero-order valence-electron chi connectivity index (χ0n) is 13.2. The minimum absolute atomic E-state index is 0.178. The Hall–Kier alpha value is -1.50. The minimum atomic E-state index is -0.180. The second kappa shape index (κ2) is 7.81. The topological polar surface area (TPSA) is 53.8 Å². The Morgan fingerprint density at radius 1 is 0.960 bits per heavy atom. The van der Waals surface area contributed by atoms with Crippen molar-refractivity contribution in [3.8, 4) is 0 Å². The number of carbonyl (C=O) groups is 2. The number of halogens is 3. The second-order valence-corrected chi connectivity index (χ2v) is 7.29. The van der Waals surface area contributed by atoms with Gasteiger partial charge in [0.2, 0.25) is 0 Å². The van der Waals surface area contributed by atoms with Crippen LogP contribution in [0.3, 0.4) is 0 Å². The third kappa shape index (κ3) is 4.19. The number of rotatable bonds is 2. The lowest BCUT2D eigenvalue weighted by atomic mass is 10.2. The average molecular weight is 446 g/mol. The molecule has 2 heterocycles. The van der Waals surface area contributed by atoms with E-state index < -0.39 is 0 Å². The number of furan rings is 1. The molecular formula is C17H15BrCl2N2O3. The van der Waals surface area contributed by atoms with Crippen molar-refractivity contribution in [3.63, 3.8) is 0 Å². The van der Waals surface area contributed by atoms with Gasteiger partial charge in [0.05, 0.1) is 10.6 Å². The van der Waals surface area contributed by atoms with Crippen molar-refractivity contribution in [1.82, 2.24) is 9.80 Å². The molecule has 1 aromatic heterocycles. The van der Waals surface area contributed by atoms with E-state index in [2.05, 4.69) is 15.9 Å². The molecule has 1 aliphatic rings. The lowest BCUT2D eigenvalue weighted by molar-refractivity contribution is 0.0699. The van der Waals surface area contributed by atoms with Crippen LogP contribution in [0.5, 0.6) is 0 Å². The molecular weight excluding hydrogens is 431 g/mol. The maximum absolute atomic E-state index is 12.7. The van der Waals surface area contributed by atoms with E-state index in [0.717, 1.165) is 0 Å². The number of hydrogen-bond donors (Lipinski definition) is 0. The van der Waals surface area contributed by atoms with E-state index in [4.69, 9.17) is 27.6 Å². The molecule has 2 amide bonds. The summed E-state index contributed by atoms with van der Waals surface area (Å²) in [5, 5.41) is 0.829. The maximum atomic E-state index is 12.7. The van der Waals surface area contributed by atoms with Gasteiger partial charge in [-0.05, 0) is 52.7 Å². The van der Waals surface area contributed by atoms with Crippen LogP contribution < -0.4 is 0 Å². The molecule has 0 saturated carbocycles. The lowest BCUT2D eigenvalue weighted by Gasteiger charge is -2.22. The van der Waals surface area contributed by atoms with Gasteiger partial charge in [0.15, 0.2) is 10.4 Å². The van der Waals surface area contributed by atoms with Gasteiger partial charge in [0, 0.05) is 31.2 Å². The highest BCUT2D eigenvalue weighted by Crippen LogP contribution is 2.23. The summed E-state index contributed by atoms with van der Waals surface area (Å²) >= 11 is 15.3. The van der Waals surface area contributed by atoms with E-state index >= 15 is 0 Å². The first-order valence-electron chi connectivity index (χ1n) is 7.74. The summed E-state index contributed by atoms with van der Waals surface area (Å²) in [6, 6.07) is 8.14. The molecule has 5 nitrogen and oxygen atoms in total. The van der Waals surface area contributed by atoms with Crippen molar-refractivity contribution < 1.29 is 14.0 Å². The van der Waals surface area contributed by atoms with E-state index in [1.54, 1.807) is 40.1 Å². The normalized spacial score (nSPS) is 15.2. The van der Waals surface area contributed by atoms with Crippen LogP contribution in [0.25, 0.3) is 0 Å². The van der Waals surface area contributed by atoms with E-state index in [1.807, 2.05) is 0 Å². The fourth-order valence-electron chi connectivity index (χ4n) is 2.74. The van der Waals surface area contributed by atoms with Crippen molar-refractivity contribution in [2.24, 2.45) is 0 Å². The molecule has 0 aliphatic carbocycles. The van der Waals surface area contributed by atoms with Crippen LogP contribution in [0.4, 0.5) is 0 Å². The van der Waals surface area contributed by atoms with E-state index in [9.17, 15) is 9.59 Å². The fourth-order valence-corrected chi connectivity index (χ4v) is 3.42. The van der Waals surface area contributed by atoms with Gasteiger partial charge in [-0.2, -0.15) is 0 Å². The molecule has 2 aromatic rings. The highest BCUT2D eigenvalue weighted by molar-refractivity contribution is 9.10. The standard InChI is InChI=1S/C17H15BrCl2N2O3/c18-15-5-4-14(25-15)17(24)22-7-1-6-21(8-9-22)16(23)12-10-11(19)2-3-13(12)20/h2-5,10H,1,6-9H2. The molecule has 0 unspecified atom stereocenters. The van der Waals surface area contributed by atoms with E-state index in [1.165, 1.54) is 0 Å². The number of carbonyl (C=O) groups excluding carboxylic acids is 2. The summed E-state index contributed by atoms with van der Waals surface area (Å²) in [4.78, 5) is 28.6. The van der Waals surface area contributed by atoms with Gasteiger partial charge in [-0.3, -0.25) is 9.59 Å². The summed E-state index contributed by atoms with van der Waals surface area (Å²) in [7, 11) is 0. The van der Waals surface area contributed by atoms with Gasteiger partial charge >= 0.3 is 0 Å². The van der Waals surface area contributed by atoms with Crippen LogP contribution in [0.15, 0.2) is 39.4 Å². The third-order valence-electron chi connectivity index (χ3n) is 4.01. The molecule has 1 fully saturated rings. The molecule has 8 heteroatoms. The van der Waals surface area contributed by atoms with Crippen molar-refractivity contribution in [2.75, 3.05) is 26.2 Å². The summed E-state index contributed by atoms with van der Waals surface area (Å²) in [6.45, 7) is 1.97. The first kappa shape index (κ1) is 18.3. The van der Waals surface area contributed by atoms with E-state index in [-0.39, 0.29) is 17.6 Å². The van der Waals surface area contributed by atoms with Crippen LogP contribution in [-0.2, 0) is 0 Å². The largest absolute Gasteiger partial charge is 0.444 e. The first-order valence-corrected chi connectivity index (χ1v) is 9.29. The lowest BCUT2D eigenvalue weighted by Crippen LogP contribution is -2.37. The zero-order valence-corrected chi connectivity index (χ0v) is 16.3. The molecule has 0 atom stereocenters. The fraction of sp³-hybridized carbons (Fsp3) is 0.294. The zero-order chi connectivity index (χ0) is 18.0. The SMILES string of the molecule is O=C(c1ccc(Br)o1)N1CCCN(C(=O)c2cc(Cl)ccc2Cl)CC1. The van der Waals surface area contributed by atoms with Crippen LogP contribution >= 0.6 is 39.1 Å². The summed E-state index contributed by atoms with van der Waals surface area (Å²) in [6.07, 6.45) is 0.678. The molecule has 1 saturated heterocycles. The highest BCUT2D eigenvalue weighted by atomic mass is 79.9. The maximum Gasteiger partial charge on any atom is 0.289 e. The van der Waals surface area contributed by atoms with Gasteiger partial charge in [-0.15, -0.1) is 0 Å². The quantitative estimate of drug-likeness (QED) is 0.690. The Morgan fingerprint density at radius 3 is 2.28 bits per heavy atom. The molecule has 1 aliphatic heterocycles. The number of hydrogen-bond acceptors (Lipinski definition) is 3. The monoisotopic (exact) mass is 444 g/mol. The van der Waals surface area contributed by atoms with Crippen LogP contribution in [-0.4, -0.2) is 47.8 Å². The van der Waals surface area contributed by atoms with Crippen molar-refractivity contribution in [2.45, 2.75) is 6.42 Å². The summed E-state index contributed by atoms with van der Waals surface area (Å²) < 4.78 is 5.84. The van der Waals surface area contributed by atoms with Gasteiger partial charge in [-0.1, -0.05) is 23.2 Å². The number of amides is 2. The van der Waals surface area contributed by atoms with Gasteiger partial charge < -0.3 is 14.2 Å². The Balaban J connectivity index is 1.70. The molecule has 0 N–H and O–H groups in total. The average Bonchev–Trinajstić information content (AvgIpc) is 2.88. The van der Waals surface area contributed by atoms with Gasteiger partial charge in [0.25, 0.3) is 11.8 Å². The van der Waals surface area contributed by atoms with Crippen molar-refractivity contribution >= 4 is 50.9 Å². The molecule has 3 rings (SSSR count). The number of benzene rings is 1. The van der Waals surface area contributed by atoms with Gasteiger partial charge in [0.1, 0.15) is 0 Å². The second-order valence-electron chi connectivity index (χ2n) is 5.67. The molecule has 0 radical (unpaired) electrons. The summed E-state index contributed by atoms with van der Waals surface area (Å²) in [5.74, 6) is -0.0760. The van der Waals surface area contributed by atoms with Crippen LogP contribution in [0.2, 0.25) is 10.0 Å². The molecule has 0 spiro atoms. The predicted molar refractivity (Wildman–Crippen MR) is 99.3 cm³/mol. The van der Waals surface area contributed by atoms with Crippen LogP contribution in [0, 0.1) is 0 Å². The highest BCUT2D eigenvalue weighted by Gasteiger charge is 2.26. The molecule has 1 aromatic carbocycles. The van der Waals surface area contributed by atoms with Crippen molar-refractivity contribution in [1.29, 1.82) is 0 Å². The third-order valence-corrected chi connectivity index (χ3v) is 5.00. The summed E-state index contributed by atoms with van der Waals surface area (Å²) in [5.41, 5.74) is 0.379. The Morgan fingerprint density at radius 2 is 1.64 bits per heavy atom.